The average Bonchev–Trinajstić information content (AvgIpc) is 3.51. The van der Waals surface area contributed by atoms with E-state index in [4.69, 9.17) is 27.7 Å². The number of aliphatic carboxylic acids is 2. The Morgan fingerprint density at radius 1 is 0.734 bits per heavy atom. The quantitative estimate of drug-likeness (QED) is 0.0663. The van der Waals surface area contributed by atoms with Gasteiger partial charge in [-0.2, -0.15) is 0 Å². The van der Waals surface area contributed by atoms with Crippen LogP contribution in [-0.4, -0.2) is 166 Å². The van der Waals surface area contributed by atoms with Crippen LogP contribution in [0.2, 0.25) is 0 Å². The smallest absolute Gasteiger partial charge is 0.407 e. The number of carboxylic acids is 2. The van der Waals surface area contributed by atoms with Gasteiger partial charge in [-0.15, -0.1) is 0 Å². The lowest BCUT2D eigenvalue weighted by Gasteiger charge is -2.37. The molecule has 2 aromatic heterocycles. The number of ether oxygens (including phenoxy) is 2. The van der Waals surface area contributed by atoms with Gasteiger partial charge in [-0.3, -0.25) is 29.1 Å². The second-order valence-electron chi connectivity index (χ2n) is 14.8. The van der Waals surface area contributed by atoms with Crippen molar-refractivity contribution in [3.05, 3.63) is 70.3 Å². The number of alkyl carbamates (subject to hydrolysis) is 1. The van der Waals surface area contributed by atoms with Gasteiger partial charge in [0.05, 0.1) is 22.5 Å². The highest BCUT2D eigenvalue weighted by Crippen LogP contribution is 2.50. The molecule has 2 aromatic rings. The van der Waals surface area contributed by atoms with Crippen LogP contribution < -0.4 is 33.6 Å². The van der Waals surface area contributed by atoms with Gasteiger partial charge in [0, 0.05) is 49.7 Å². The first-order chi connectivity index (χ1) is 29.9. The van der Waals surface area contributed by atoms with Crippen molar-refractivity contribution in [1.29, 1.82) is 0 Å². The standard InChI is InChI=1S/C20H26N6O8S.C16H16N4O8S/c1-20(10-34-19(31)25-7-4-22)14(18(29)30)26-16(28)13(17(26)35(20,32)33)9-12-8-11(2-5-23-12)15(27)24-6-3-21;1-16(6-28-15(18)25)10(14(23)24)20-12(22)9(13(20)29(16,26)27)5-8-4-7(11(17)21)2-3-19-8/h2,5,8-9,14,17H,3-4,6-7,10,21-22H2,1H3,(H,24,27)(H,25,31)(H,29,30);2-5,10,13H,6H2,1H3,(H2,17,21)(H2,18,25)(H,23,24)/b13-9-;9-5-/t14-,17+,20-;10-,13+,16-/m00/s1. The summed E-state index contributed by atoms with van der Waals surface area (Å²) in [7, 11) is -8.72. The van der Waals surface area contributed by atoms with Crippen LogP contribution in [0.15, 0.2) is 47.8 Å². The molecular weight excluding hydrogens is 893 g/mol. The molecule has 344 valence electrons. The number of rotatable bonds is 14. The lowest BCUT2D eigenvalue weighted by molar-refractivity contribution is -0.153. The molecule has 0 saturated carbocycles. The molecule has 6 amide bonds. The van der Waals surface area contributed by atoms with Crippen LogP contribution in [0.1, 0.15) is 46.0 Å². The van der Waals surface area contributed by atoms with E-state index in [1.807, 2.05) is 0 Å². The minimum atomic E-state index is -4.37. The fraction of sp³-hybridized carbons (Fsp3) is 0.389. The number of hydrogen-bond acceptors (Lipinski definition) is 18. The Balaban J connectivity index is 0.000000245. The van der Waals surface area contributed by atoms with E-state index in [1.165, 1.54) is 42.7 Å². The average molecular weight is 935 g/mol. The number of nitrogens with one attached hydrogen (secondary N) is 2. The summed E-state index contributed by atoms with van der Waals surface area (Å²) < 4.78 is 58.4. The third-order valence-electron chi connectivity index (χ3n) is 10.6. The fourth-order valence-electron chi connectivity index (χ4n) is 7.39. The van der Waals surface area contributed by atoms with E-state index in [2.05, 4.69) is 25.3 Å². The molecule has 0 spiro atoms. The number of hydrogen-bond donors (Lipinski definition) is 8. The second kappa shape index (κ2) is 18.0. The van der Waals surface area contributed by atoms with Crippen molar-refractivity contribution in [2.45, 2.75) is 46.2 Å². The van der Waals surface area contributed by atoms with Crippen molar-refractivity contribution in [3.63, 3.8) is 0 Å². The van der Waals surface area contributed by atoms with Crippen LogP contribution in [0.4, 0.5) is 9.59 Å². The van der Waals surface area contributed by atoms with Gasteiger partial charge in [0.1, 0.15) is 22.7 Å². The molecule has 26 nitrogen and oxygen atoms in total. The second-order valence-corrected chi connectivity index (χ2v) is 19.7. The van der Waals surface area contributed by atoms with Crippen molar-refractivity contribution in [2.75, 3.05) is 39.4 Å². The first-order valence-electron chi connectivity index (χ1n) is 18.6. The zero-order valence-corrected chi connectivity index (χ0v) is 35.3. The molecule has 0 radical (unpaired) electrons. The molecule has 6 heterocycles. The van der Waals surface area contributed by atoms with E-state index in [0.29, 0.717) is 4.90 Å². The van der Waals surface area contributed by atoms with Gasteiger partial charge in [0.15, 0.2) is 42.5 Å². The van der Waals surface area contributed by atoms with E-state index in [9.17, 15) is 65.4 Å². The Morgan fingerprint density at radius 2 is 1.16 bits per heavy atom. The maximum atomic E-state index is 13.4. The van der Waals surface area contributed by atoms with Gasteiger partial charge in [-0.1, -0.05) is 0 Å². The Labute approximate surface area is 362 Å². The fourth-order valence-corrected chi connectivity index (χ4v) is 11.9. The Morgan fingerprint density at radius 3 is 1.58 bits per heavy atom. The number of carbonyl (C=O) groups is 8. The molecule has 64 heavy (non-hydrogen) atoms. The van der Waals surface area contributed by atoms with Gasteiger partial charge in [0.2, 0.25) is 5.91 Å². The van der Waals surface area contributed by atoms with Crippen LogP contribution >= 0.6 is 0 Å². The normalized spacial score (nSPS) is 26.9. The first-order valence-corrected chi connectivity index (χ1v) is 21.7. The van der Waals surface area contributed by atoms with Crippen molar-refractivity contribution >= 4 is 79.6 Å². The highest BCUT2D eigenvalue weighted by molar-refractivity contribution is 7.94. The van der Waals surface area contributed by atoms with Crippen LogP contribution in [0.25, 0.3) is 12.2 Å². The van der Waals surface area contributed by atoms with Crippen LogP contribution in [0.3, 0.4) is 0 Å². The summed E-state index contributed by atoms with van der Waals surface area (Å²) in [6.45, 7) is 1.20. The van der Waals surface area contributed by atoms with Gasteiger partial charge in [0.25, 0.3) is 17.7 Å². The number of fused-ring (bicyclic) bond motifs is 2. The minimum absolute atomic E-state index is 0.0705. The van der Waals surface area contributed by atoms with Crippen LogP contribution in [0, 0.1) is 0 Å². The highest BCUT2D eigenvalue weighted by atomic mass is 32.2. The molecule has 28 heteroatoms. The van der Waals surface area contributed by atoms with Crippen molar-refractivity contribution < 1.29 is 74.9 Å². The molecule has 6 rings (SSSR count). The summed E-state index contributed by atoms with van der Waals surface area (Å²) in [4.78, 5) is 105. The zero-order valence-electron chi connectivity index (χ0n) is 33.7. The number of nitrogens with two attached hydrogens (primary N) is 4. The van der Waals surface area contributed by atoms with Crippen molar-refractivity contribution in [1.82, 2.24) is 30.4 Å². The predicted molar refractivity (Wildman–Crippen MR) is 217 cm³/mol. The summed E-state index contributed by atoms with van der Waals surface area (Å²) in [5, 5.41) is 21.0. The van der Waals surface area contributed by atoms with Crippen LogP contribution in [-0.2, 0) is 48.3 Å². The predicted octanol–water partition coefficient (Wildman–Crippen LogP) is -3.89. The van der Waals surface area contributed by atoms with Gasteiger partial charge in [-0.05, 0) is 50.3 Å². The zero-order chi connectivity index (χ0) is 47.7. The van der Waals surface area contributed by atoms with E-state index in [-0.39, 0.29) is 59.8 Å². The molecule has 4 aliphatic rings. The minimum Gasteiger partial charge on any atom is -0.480 e. The molecule has 0 bridgehead atoms. The molecule has 0 aliphatic carbocycles. The first kappa shape index (κ1) is 48.0. The van der Waals surface area contributed by atoms with Gasteiger partial charge < -0.3 is 63.1 Å². The SMILES string of the molecule is C[C@]1(COC(=O)NCCN)[C@H](C(=O)O)N2C(=O)/C(=C/c3cc(C(=O)NCCN)ccn3)[C@H]2S1(=O)=O.C[C@]1(COC(N)=O)[C@H](C(=O)O)N2C(=O)/C(=C/c3cc(C(N)=O)ccn3)[C@H]2S1(=O)=O. The molecule has 12 N–H and O–H groups in total. The summed E-state index contributed by atoms with van der Waals surface area (Å²) in [5.74, 6) is -5.97. The summed E-state index contributed by atoms with van der Waals surface area (Å²) >= 11 is 0. The molecule has 4 saturated heterocycles. The van der Waals surface area contributed by atoms with E-state index >= 15 is 0 Å². The largest absolute Gasteiger partial charge is 0.480 e. The Hall–Kier alpha value is -7.04. The summed E-state index contributed by atoms with van der Waals surface area (Å²) in [6, 6.07) is 1.81. The number of pyridine rings is 2. The topological polar surface area (TPSA) is 424 Å². The lowest BCUT2D eigenvalue weighted by Crippen LogP contribution is -2.59. The number of sulfone groups is 2. The van der Waals surface area contributed by atoms with Gasteiger partial charge in [-0.25, -0.2) is 36.0 Å². The number of primary amides is 2. The summed E-state index contributed by atoms with van der Waals surface area (Å²) in [6.07, 6.45) is 2.65. The molecule has 0 unspecified atom stereocenters. The number of carbonyl (C=O) groups excluding carboxylic acids is 6. The maximum Gasteiger partial charge on any atom is 0.407 e. The lowest BCUT2D eigenvalue weighted by atomic mass is 9.94. The Bertz CT molecular complexity index is 2620. The number of carboxylic acid groups (broad SMARTS) is 2. The third-order valence-corrected chi connectivity index (χ3v) is 16.0. The molecule has 4 aliphatic heterocycles. The van der Waals surface area contributed by atoms with Crippen molar-refractivity contribution in [3.8, 4) is 0 Å². The summed E-state index contributed by atoms with van der Waals surface area (Å²) in [5.41, 5.74) is 20.8. The molecule has 4 fully saturated rings. The molecule has 6 atom stereocenters. The maximum absolute atomic E-state index is 13.4. The number of β-lactam (4-membered cyclic amide) rings is 2. The highest BCUT2D eigenvalue weighted by Gasteiger charge is 2.74. The molecular formula is C36H42N10O16S2. The van der Waals surface area contributed by atoms with E-state index < -0.39 is 113 Å². The van der Waals surface area contributed by atoms with Gasteiger partial charge >= 0.3 is 24.1 Å². The molecule has 0 aromatic carbocycles. The Kier molecular flexibility index (Phi) is 13.5. The monoisotopic (exact) mass is 934 g/mol. The van der Waals surface area contributed by atoms with Crippen LogP contribution in [0.5, 0.6) is 0 Å². The number of nitrogens with zero attached hydrogens (tertiary/aromatic N) is 4. The number of aromatic nitrogens is 2. The van der Waals surface area contributed by atoms with E-state index in [1.54, 1.807) is 0 Å². The van der Waals surface area contributed by atoms with Crippen molar-refractivity contribution in [2.24, 2.45) is 22.9 Å². The third kappa shape index (κ3) is 8.29. The van der Waals surface area contributed by atoms with E-state index in [0.717, 1.165) is 24.8 Å². The number of amides is 6.